The molecule has 1 fully saturated rings. The maximum Gasteiger partial charge on any atom is 0.264 e. The first kappa shape index (κ1) is 11.5. The largest absolute Gasteiger partial charge is 0.351 e. The molecule has 88 valence electrons. The summed E-state index contributed by atoms with van der Waals surface area (Å²) < 4.78 is 3.76. The van der Waals surface area contributed by atoms with Crippen LogP contribution in [0.1, 0.15) is 28.2 Å². The van der Waals surface area contributed by atoms with Crippen LogP contribution in [0.3, 0.4) is 0 Å². The molecule has 0 bridgehead atoms. The van der Waals surface area contributed by atoms with Crippen LogP contribution in [-0.2, 0) is 0 Å². The highest BCUT2D eigenvalue weighted by Crippen LogP contribution is 2.11. The van der Waals surface area contributed by atoms with Gasteiger partial charge in [0.25, 0.3) is 5.91 Å². The summed E-state index contributed by atoms with van der Waals surface area (Å²) in [5.74, 6) is 0.511. The van der Waals surface area contributed by atoms with E-state index in [0.717, 1.165) is 31.2 Å². The van der Waals surface area contributed by atoms with E-state index in [0.29, 0.717) is 16.5 Å². The van der Waals surface area contributed by atoms with Crippen LogP contribution in [0, 0.1) is 12.8 Å². The molecule has 0 aliphatic carbocycles. The lowest BCUT2D eigenvalue weighted by Crippen LogP contribution is -2.38. The fraction of sp³-hybridized carbons (Fsp3) is 0.700. The van der Waals surface area contributed by atoms with Gasteiger partial charge in [-0.2, -0.15) is 0 Å². The molecule has 1 amide bonds. The summed E-state index contributed by atoms with van der Waals surface area (Å²) in [6, 6.07) is 0. The average molecular weight is 240 g/mol. The Morgan fingerprint density at radius 1 is 1.69 bits per heavy atom. The first-order valence-electron chi connectivity index (χ1n) is 5.55. The smallest absolute Gasteiger partial charge is 0.264 e. The molecule has 16 heavy (non-hydrogen) atoms. The quantitative estimate of drug-likeness (QED) is 0.811. The van der Waals surface area contributed by atoms with E-state index in [-0.39, 0.29) is 5.91 Å². The number of nitrogens with zero attached hydrogens (tertiary/aromatic N) is 2. The molecule has 1 unspecified atom stereocenters. The normalized spacial score (nSPS) is 20.7. The Morgan fingerprint density at radius 2 is 2.56 bits per heavy atom. The standard InChI is InChI=1S/C10H16N4OS/c1-7-9(16-14-13-7)10(15)12-6-8-3-2-4-11-5-8/h8,11H,2-6H2,1H3,(H,12,15). The van der Waals surface area contributed by atoms with Crippen molar-refractivity contribution in [2.75, 3.05) is 19.6 Å². The fourth-order valence-electron chi connectivity index (χ4n) is 1.86. The first-order chi connectivity index (χ1) is 7.77. The van der Waals surface area contributed by atoms with Gasteiger partial charge in [0.2, 0.25) is 0 Å². The summed E-state index contributed by atoms with van der Waals surface area (Å²) in [7, 11) is 0. The molecular formula is C10H16N4OS. The summed E-state index contributed by atoms with van der Waals surface area (Å²) in [5, 5.41) is 10.1. The Labute approximate surface area is 98.8 Å². The van der Waals surface area contributed by atoms with E-state index >= 15 is 0 Å². The van der Waals surface area contributed by atoms with Crippen LogP contribution in [0.15, 0.2) is 0 Å². The van der Waals surface area contributed by atoms with Crippen LogP contribution in [-0.4, -0.2) is 35.1 Å². The van der Waals surface area contributed by atoms with Crippen molar-refractivity contribution in [2.24, 2.45) is 5.92 Å². The van der Waals surface area contributed by atoms with Gasteiger partial charge in [-0.15, -0.1) is 5.10 Å². The second-order valence-corrected chi connectivity index (χ2v) is 4.86. The maximum atomic E-state index is 11.8. The molecule has 0 spiro atoms. The zero-order valence-corrected chi connectivity index (χ0v) is 10.1. The third-order valence-electron chi connectivity index (χ3n) is 2.81. The number of nitrogens with one attached hydrogen (secondary N) is 2. The van der Waals surface area contributed by atoms with Crippen molar-refractivity contribution >= 4 is 17.4 Å². The summed E-state index contributed by atoms with van der Waals surface area (Å²) >= 11 is 1.16. The molecule has 0 aromatic carbocycles. The van der Waals surface area contributed by atoms with E-state index in [4.69, 9.17) is 0 Å². The number of aryl methyl sites for hydroxylation is 1. The van der Waals surface area contributed by atoms with E-state index in [2.05, 4.69) is 20.2 Å². The van der Waals surface area contributed by atoms with Gasteiger partial charge in [0, 0.05) is 6.54 Å². The number of piperidine rings is 1. The number of aromatic nitrogens is 2. The van der Waals surface area contributed by atoms with Gasteiger partial charge < -0.3 is 10.6 Å². The maximum absolute atomic E-state index is 11.8. The Balaban J connectivity index is 1.81. The minimum absolute atomic E-state index is 0.0435. The number of carbonyl (C=O) groups excluding carboxylic acids is 1. The molecule has 1 aromatic rings. The predicted octanol–water partition coefficient (Wildman–Crippen LogP) is 0.576. The van der Waals surface area contributed by atoms with E-state index in [9.17, 15) is 4.79 Å². The van der Waals surface area contributed by atoms with Crippen molar-refractivity contribution in [3.63, 3.8) is 0 Å². The molecule has 1 aromatic heterocycles. The summed E-state index contributed by atoms with van der Waals surface area (Å²) in [5.41, 5.74) is 0.712. The molecule has 2 rings (SSSR count). The fourth-order valence-corrected chi connectivity index (χ4v) is 2.43. The van der Waals surface area contributed by atoms with Crippen LogP contribution in [0.2, 0.25) is 0 Å². The van der Waals surface area contributed by atoms with E-state index in [1.54, 1.807) is 6.92 Å². The number of rotatable bonds is 3. The second-order valence-electron chi connectivity index (χ2n) is 4.11. The molecule has 6 heteroatoms. The lowest BCUT2D eigenvalue weighted by molar-refractivity contribution is 0.0948. The van der Waals surface area contributed by atoms with E-state index in [1.807, 2.05) is 0 Å². The summed E-state index contributed by atoms with van der Waals surface area (Å²) in [6.45, 7) is 4.65. The number of hydrogen-bond acceptors (Lipinski definition) is 5. The monoisotopic (exact) mass is 240 g/mol. The van der Waals surface area contributed by atoms with Crippen LogP contribution in [0.25, 0.3) is 0 Å². The Hall–Kier alpha value is -1.01. The van der Waals surface area contributed by atoms with Crippen molar-refractivity contribution in [1.29, 1.82) is 0 Å². The molecule has 5 nitrogen and oxygen atoms in total. The molecule has 1 atom stereocenters. The predicted molar refractivity (Wildman–Crippen MR) is 62.6 cm³/mol. The Bertz CT molecular complexity index is 359. The molecule has 2 N–H and O–H groups in total. The number of carbonyl (C=O) groups is 1. The number of amides is 1. The molecule has 0 radical (unpaired) electrons. The average Bonchev–Trinajstić information content (AvgIpc) is 2.74. The SMILES string of the molecule is Cc1nnsc1C(=O)NCC1CCCNC1. The van der Waals surface area contributed by atoms with Gasteiger partial charge >= 0.3 is 0 Å². The summed E-state index contributed by atoms with van der Waals surface area (Å²) in [6.07, 6.45) is 2.38. The minimum atomic E-state index is -0.0435. The van der Waals surface area contributed by atoms with Gasteiger partial charge in [-0.05, 0) is 50.3 Å². The summed E-state index contributed by atoms with van der Waals surface area (Å²) in [4.78, 5) is 12.4. The third-order valence-corrected chi connectivity index (χ3v) is 3.63. The van der Waals surface area contributed by atoms with E-state index in [1.165, 1.54) is 12.8 Å². The molecule has 2 heterocycles. The van der Waals surface area contributed by atoms with Crippen molar-refractivity contribution in [3.05, 3.63) is 10.6 Å². The van der Waals surface area contributed by atoms with Crippen LogP contribution < -0.4 is 10.6 Å². The number of hydrogen-bond donors (Lipinski definition) is 2. The van der Waals surface area contributed by atoms with Gasteiger partial charge in [0.05, 0.1) is 5.69 Å². The van der Waals surface area contributed by atoms with Crippen LogP contribution >= 0.6 is 11.5 Å². The minimum Gasteiger partial charge on any atom is -0.351 e. The second kappa shape index (κ2) is 5.36. The Morgan fingerprint density at radius 3 is 3.19 bits per heavy atom. The highest BCUT2D eigenvalue weighted by molar-refractivity contribution is 7.07. The zero-order chi connectivity index (χ0) is 11.4. The van der Waals surface area contributed by atoms with Crippen molar-refractivity contribution < 1.29 is 4.79 Å². The van der Waals surface area contributed by atoms with Crippen molar-refractivity contribution in [3.8, 4) is 0 Å². The lowest BCUT2D eigenvalue weighted by Gasteiger charge is -2.22. The van der Waals surface area contributed by atoms with Crippen molar-refractivity contribution in [1.82, 2.24) is 20.2 Å². The molecule has 1 aliphatic heterocycles. The highest BCUT2D eigenvalue weighted by Gasteiger charge is 2.16. The molecule has 0 saturated carbocycles. The molecule has 1 aliphatic rings. The molecule has 1 saturated heterocycles. The Kier molecular flexibility index (Phi) is 3.84. The van der Waals surface area contributed by atoms with Gasteiger partial charge in [0.15, 0.2) is 0 Å². The van der Waals surface area contributed by atoms with Gasteiger partial charge in [0.1, 0.15) is 4.88 Å². The molecular weight excluding hydrogens is 224 g/mol. The van der Waals surface area contributed by atoms with Gasteiger partial charge in [-0.3, -0.25) is 4.79 Å². The topological polar surface area (TPSA) is 66.9 Å². The first-order valence-corrected chi connectivity index (χ1v) is 6.32. The van der Waals surface area contributed by atoms with Gasteiger partial charge in [-0.25, -0.2) is 0 Å². The van der Waals surface area contributed by atoms with E-state index < -0.39 is 0 Å². The third kappa shape index (κ3) is 2.76. The lowest BCUT2D eigenvalue weighted by atomic mass is 10.00. The van der Waals surface area contributed by atoms with Crippen LogP contribution in [0.5, 0.6) is 0 Å². The van der Waals surface area contributed by atoms with Gasteiger partial charge in [-0.1, -0.05) is 4.49 Å². The van der Waals surface area contributed by atoms with Crippen molar-refractivity contribution in [2.45, 2.75) is 19.8 Å². The van der Waals surface area contributed by atoms with Crippen LogP contribution in [0.4, 0.5) is 0 Å². The zero-order valence-electron chi connectivity index (χ0n) is 9.32. The highest BCUT2D eigenvalue weighted by atomic mass is 32.1.